The first-order chi connectivity index (χ1) is 23.3. The lowest BCUT2D eigenvalue weighted by Crippen LogP contribution is -2.05. The Morgan fingerprint density at radius 1 is 0.404 bits per heavy atom. The normalized spacial score (nSPS) is 12.0. The number of aromatic nitrogens is 1. The van der Waals surface area contributed by atoms with Crippen LogP contribution >= 0.6 is 10.0 Å². The maximum atomic E-state index is 6.54. The lowest BCUT2D eigenvalue weighted by atomic mass is 10.1. The molecule has 2 nitrogen and oxygen atoms in total. The molecule has 3 heteroatoms. The second-order valence-corrected chi connectivity index (χ2v) is 14.4. The van der Waals surface area contributed by atoms with Gasteiger partial charge in [-0.2, -0.15) is 0 Å². The van der Waals surface area contributed by atoms with E-state index in [-0.39, 0.29) is 0 Å². The smallest absolute Gasteiger partial charge is 0.159 e. The van der Waals surface area contributed by atoms with Crippen molar-refractivity contribution in [1.82, 2.24) is 4.57 Å². The average Bonchev–Trinajstić information content (AvgIpc) is 3.70. The summed E-state index contributed by atoms with van der Waals surface area (Å²) < 4.78 is 8.92. The van der Waals surface area contributed by atoms with E-state index in [9.17, 15) is 0 Å². The van der Waals surface area contributed by atoms with Gasteiger partial charge in [0.15, 0.2) is 5.58 Å². The molecular weight excluding hydrogens is 591 g/mol. The van der Waals surface area contributed by atoms with Crippen LogP contribution in [0.5, 0.6) is 0 Å². The van der Waals surface area contributed by atoms with Crippen LogP contribution in [0.15, 0.2) is 200 Å². The molecule has 0 amide bonds. The topological polar surface area (TPSA) is 18.1 Å². The van der Waals surface area contributed by atoms with Gasteiger partial charge in [0.1, 0.15) is 5.58 Å². The molecule has 0 saturated carbocycles. The first kappa shape index (κ1) is 28.9. The Kier molecular flexibility index (Phi) is 7.40. The van der Waals surface area contributed by atoms with Gasteiger partial charge in [-0.3, -0.25) is 0 Å². The van der Waals surface area contributed by atoms with Crippen molar-refractivity contribution >= 4 is 53.8 Å². The summed E-state index contributed by atoms with van der Waals surface area (Å²) in [6, 6.07) is 63.8. The van der Waals surface area contributed by atoms with Gasteiger partial charge in [-0.05, 0) is 72.8 Å². The quantitative estimate of drug-likeness (QED) is 0.186. The number of furan rings is 1. The third-order valence-electron chi connectivity index (χ3n) is 8.91. The van der Waals surface area contributed by atoms with Crippen molar-refractivity contribution in [1.29, 1.82) is 0 Å². The molecule has 2 aromatic heterocycles. The zero-order valence-corrected chi connectivity index (χ0v) is 27.3. The fourth-order valence-electron chi connectivity index (χ4n) is 7.00. The van der Waals surface area contributed by atoms with Crippen molar-refractivity contribution in [3.05, 3.63) is 176 Å². The summed E-state index contributed by atoms with van der Waals surface area (Å²) in [4.78, 5) is 5.26. The zero-order chi connectivity index (χ0) is 31.8. The summed E-state index contributed by atoms with van der Waals surface area (Å²) in [6.07, 6.45) is 0. The highest BCUT2D eigenvalue weighted by Crippen LogP contribution is 2.73. The predicted molar refractivity (Wildman–Crippen MR) is 199 cm³/mol. The van der Waals surface area contributed by atoms with E-state index in [1.807, 2.05) is 19.9 Å². The third kappa shape index (κ3) is 4.50. The van der Waals surface area contributed by atoms with Crippen molar-refractivity contribution in [2.24, 2.45) is 0 Å². The second kappa shape index (κ2) is 12.0. The molecule has 2 heterocycles. The van der Waals surface area contributed by atoms with Crippen LogP contribution in [0.25, 0.3) is 49.4 Å². The molecule has 0 atom stereocenters. The van der Waals surface area contributed by atoms with Gasteiger partial charge in [-0.15, -0.1) is 10.0 Å². The van der Waals surface area contributed by atoms with Crippen molar-refractivity contribution in [2.45, 2.75) is 33.4 Å². The summed E-state index contributed by atoms with van der Waals surface area (Å²) in [5, 5.41) is 4.73. The molecule has 0 aliphatic carbocycles. The molecule has 0 N–H and O–H groups in total. The molecule has 0 unspecified atom stereocenters. The molecule has 0 fully saturated rings. The Hall–Kier alpha value is -5.51. The van der Waals surface area contributed by atoms with Crippen LogP contribution in [0.1, 0.15) is 13.8 Å². The van der Waals surface area contributed by atoms with Gasteiger partial charge in [0.25, 0.3) is 0 Å². The number of rotatable bonds is 5. The molecule has 9 rings (SSSR count). The fraction of sp³-hybridized carbons (Fsp3) is 0.0455. The summed E-state index contributed by atoms with van der Waals surface area (Å²) >= 11 is 0. The van der Waals surface area contributed by atoms with Gasteiger partial charge < -0.3 is 8.98 Å². The van der Waals surface area contributed by atoms with Gasteiger partial charge in [0.2, 0.25) is 0 Å². The van der Waals surface area contributed by atoms with Gasteiger partial charge in [0, 0.05) is 41.1 Å². The second-order valence-electron chi connectivity index (χ2n) is 11.3. The molecule has 228 valence electrons. The van der Waals surface area contributed by atoms with E-state index in [0.717, 1.165) is 38.7 Å². The Labute approximate surface area is 276 Å². The molecule has 0 aliphatic heterocycles. The maximum Gasteiger partial charge on any atom is 0.159 e. The largest absolute Gasteiger partial charge is 0.454 e. The Bertz CT molecular complexity index is 2380. The maximum absolute atomic E-state index is 6.54. The summed E-state index contributed by atoms with van der Waals surface area (Å²) in [7, 11) is -1.81. The number of benzene rings is 7. The number of para-hydroxylation sites is 3. The Morgan fingerprint density at radius 3 is 1.55 bits per heavy atom. The van der Waals surface area contributed by atoms with Crippen molar-refractivity contribution in [3.63, 3.8) is 0 Å². The highest BCUT2D eigenvalue weighted by molar-refractivity contribution is 8.34. The molecule has 0 bridgehead atoms. The van der Waals surface area contributed by atoms with E-state index in [1.165, 1.54) is 30.4 Å². The molecule has 7 aromatic carbocycles. The lowest BCUT2D eigenvalue weighted by Gasteiger charge is -2.42. The van der Waals surface area contributed by atoms with Crippen LogP contribution in [0.4, 0.5) is 0 Å². The summed E-state index contributed by atoms with van der Waals surface area (Å²) in [5.41, 5.74) is 5.19. The van der Waals surface area contributed by atoms with Gasteiger partial charge in [-0.25, -0.2) is 0 Å². The third-order valence-corrected chi connectivity index (χ3v) is 12.8. The molecule has 0 radical (unpaired) electrons. The van der Waals surface area contributed by atoms with Gasteiger partial charge >= 0.3 is 0 Å². The highest BCUT2D eigenvalue weighted by Gasteiger charge is 2.33. The summed E-state index contributed by atoms with van der Waals surface area (Å²) in [6.45, 7) is 4.00. The Balaban J connectivity index is 0.00000159. The monoisotopic (exact) mass is 625 g/mol. The number of fused-ring (bicyclic) bond motifs is 6. The molecule has 0 aliphatic rings. The van der Waals surface area contributed by atoms with Crippen molar-refractivity contribution in [3.8, 4) is 5.69 Å². The van der Waals surface area contributed by atoms with Gasteiger partial charge in [0.05, 0.1) is 16.7 Å². The molecular formula is C44H35NOS. The minimum atomic E-state index is -1.81. The fourth-order valence-corrected chi connectivity index (χ4v) is 10.9. The zero-order valence-electron chi connectivity index (χ0n) is 26.5. The molecule has 0 saturated heterocycles. The first-order valence-electron chi connectivity index (χ1n) is 16.3. The van der Waals surface area contributed by atoms with E-state index < -0.39 is 10.0 Å². The molecule has 0 spiro atoms. The first-order valence-corrected chi connectivity index (χ1v) is 17.9. The van der Waals surface area contributed by atoms with E-state index in [2.05, 4.69) is 174 Å². The van der Waals surface area contributed by atoms with E-state index in [1.54, 1.807) is 0 Å². The summed E-state index contributed by atoms with van der Waals surface area (Å²) in [5.74, 6) is 0. The van der Waals surface area contributed by atoms with Crippen LogP contribution in [-0.2, 0) is 0 Å². The van der Waals surface area contributed by atoms with Crippen molar-refractivity contribution in [2.75, 3.05) is 0 Å². The van der Waals surface area contributed by atoms with E-state index in [4.69, 9.17) is 4.42 Å². The molecule has 47 heavy (non-hydrogen) atoms. The van der Waals surface area contributed by atoms with E-state index in [0.29, 0.717) is 0 Å². The standard InChI is InChI=1S/C42H29NOS.C2H6/c1-4-15-30(16-5-1)45(31-17-6-2-7-18-31,32-19-8-3-9-20-32)33-27-28-39-37(29-33)34-21-10-12-24-38(34)43(39)40-25-14-23-36-35-22-11-13-26-41(35)44-42(36)40;1-2/h1-29H;1-2H3. The number of nitrogens with zero attached hydrogens (tertiary/aromatic N) is 1. The van der Waals surface area contributed by atoms with Gasteiger partial charge in [-0.1, -0.05) is 117 Å². The minimum Gasteiger partial charge on any atom is -0.454 e. The van der Waals surface area contributed by atoms with Crippen LogP contribution in [0, 0.1) is 0 Å². The molecule has 9 aromatic rings. The van der Waals surface area contributed by atoms with Crippen molar-refractivity contribution < 1.29 is 4.42 Å². The highest BCUT2D eigenvalue weighted by atomic mass is 32.3. The SMILES string of the molecule is CC.c1ccc(S(c2ccccc2)(c2ccccc2)c2ccc3c(c2)c2ccccc2n3-c2cccc3c2oc2ccccc23)cc1. The number of hydrogen-bond acceptors (Lipinski definition) is 1. The minimum absolute atomic E-state index is 0.906. The van der Waals surface area contributed by atoms with Crippen LogP contribution in [0.3, 0.4) is 0 Å². The van der Waals surface area contributed by atoms with Crippen LogP contribution < -0.4 is 0 Å². The predicted octanol–water partition coefficient (Wildman–Crippen LogP) is 13.1. The average molecular weight is 626 g/mol. The van der Waals surface area contributed by atoms with Crippen LogP contribution in [-0.4, -0.2) is 4.57 Å². The van der Waals surface area contributed by atoms with Crippen LogP contribution in [0.2, 0.25) is 0 Å². The number of hydrogen-bond donors (Lipinski definition) is 0. The Morgan fingerprint density at radius 2 is 0.915 bits per heavy atom. The van der Waals surface area contributed by atoms with E-state index >= 15 is 0 Å². The lowest BCUT2D eigenvalue weighted by molar-refractivity contribution is 0.666.